The van der Waals surface area contributed by atoms with Gasteiger partial charge in [0.15, 0.2) is 0 Å². The number of hydrogen-bond donors (Lipinski definition) is 1. The van der Waals surface area contributed by atoms with E-state index < -0.39 is 17.7 Å². The van der Waals surface area contributed by atoms with E-state index in [9.17, 15) is 8.78 Å². The van der Waals surface area contributed by atoms with Gasteiger partial charge in [0.05, 0.1) is 6.04 Å². The number of aromatic nitrogens is 2. The highest BCUT2D eigenvalue weighted by Gasteiger charge is 2.18. The first-order valence-corrected chi connectivity index (χ1v) is 5.85. The maximum absolute atomic E-state index is 13.7. The standard InChI is InChI=1S/C13H15F2N3/c1-2-6-18-7-5-17-13(18)12(16)10-4-3-9(14)8-11(10)15/h3-5,7-8,12H,2,6,16H2,1H3. The van der Waals surface area contributed by atoms with Crippen LogP contribution in [0.25, 0.3) is 0 Å². The first kappa shape index (κ1) is 12.7. The van der Waals surface area contributed by atoms with Crippen LogP contribution in [0.1, 0.15) is 30.8 Å². The summed E-state index contributed by atoms with van der Waals surface area (Å²) in [6.45, 7) is 2.81. The molecule has 1 atom stereocenters. The molecule has 0 saturated carbocycles. The van der Waals surface area contributed by atoms with E-state index in [4.69, 9.17) is 5.73 Å². The Hall–Kier alpha value is -1.75. The van der Waals surface area contributed by atoms with E-state index >= 15 is 0 Å². The zero-order valence-electron chi connectivity index (χ0n) is 10.1. The lowest BCUT2D eigenvalue weighted by Gasteiger charge is -2.14. The Balaban J connectivity index is 2.35. The number of aryl methyl sites for hydroxylation is 1. The highest BCUT2D eigenvalue weighted by molar-refractivity contribution is 5.27. The smallest absolute Gasteiger partial charge is 0.131 e. The first-order chi connectivity index (χ1) is 8.63. The second kappa shape index (κ2) is 5.27. The van der Waals surface area contributed by atoms with Crippen LogP contribution in [0.5, 0.6) is 0 Å². The molecule has 3 nitrogen and oxygen atoms in total. The fourth-order valence-electron chi connectivity index (χ4n) is 1.92. The molecule has 0 radical (unpaired) electrons. The average molecular weight is 251 g/mol. The molecule has 2 aromatic rings. The van der Waals surface area contributed by atoms with Crippen molar-refractivity contribution in [1.82, 2.24) is 9.55 Å². The van der Waals surface area contributed by atoms with Gasteiger partial charge in [0.2, 0.25) is 0 Å². The topological polar surface area (TPSA) is 43.8 Å². The van der Waals surface area contributed by atoms with Crippen molar-refractivity contribution in [2.24, 2.45) is 5.73 Å². The third kappa shape index (κ3) is 2.41. The van der Waals surface area contributed by atoms with E-state index in [2.05, 4.69) is 4.98 Å². The lowest BCUT2D eigenvalue weighted by Crippen LogP contribution is -2.19. The zero-order chi connectivity index (χ0) is 13.1. The maximum Gasteiger partial charge on any atom is 0.131 e. The molecule has 0 spiro atoms. The van der Waals surface area contributed by atoms with Crippen molar-refractivity contribution in [3.05, 3.63) is 53.6 Å². The predicted octanol–water partition coefficient (Wildman–Crippen LogP) is 2.62. The lowest BCUT2D eigenvalue weighted by molar-refractivity contribution is 0.551. The molecule has 0 amide bonds. The number of nitrogens with two attached hydrogens (primary N) is 1. The van der Waals surface area contributed by atoms with Gasteiger partial charge in [0.1, 0.15) is 17.5 Å². The molecule has 0 aliphatic rings. The van der Waals surface area contributed by atoms with Crippen molar-refractivity contribution >= 4 is 0 Å². The molecule has 1 aromatic carbocycles. The Bertz CT molecular complexity index is 537. The average Bonchev–Trinajstić information content (AvgIpc) is 2.77. The molecule has 1 heterocycles. The van der Waals surface area contributed by atoms with Gasteiger partial charge < -0.3 is 10.3 Å². The maximum atomic E-state index is 13.7. The minimum absolute atomic E-state index is 0.250. The molecule has 0 bridgehead atoms. The van der Waals surface area contributed by atoms with Crippen LogP contribution in [-0.4, -0.2) is 9.55 Å². The van der Waals surface area contributed by atoms with E-state index in [-0.39, 0.29) is 5.56 Å². The Labute approximate surface area is 104 Å². The van der Waals surface area contributed by atoms with E-state index in [1.54, 1.807) is 12.4 Å². The first-order valence-electron chi connectivity index (χ1n) is 5.85. The minimum Gasteiger partial charge on any atom is -0.333 e. The molecule has 2 N–H and O–H groups in total. The van der Waals surface area contributed by atoms with E-state index in [0.717, 1.165) is 19.0 Å². The monoisotopic (exact) mass is 251 g/mol. The second-order valence-electron chi connectivity index (χ2n) is 4.12. The Kier molecular flexibility index (Phi) is 3.72. The molecule has 1 unspecified atom stereocenters. The summed E-state index contributed by atoms with van der Waals surface area (Å²) in [5.74, 6) is -0.670. The predicted molar refractivity (Wildman–Crippen MR) is 64.9 cm³/mol. The molecule has 18 heavy (non-hydrogen) atoms. The van der Waals surface area contributed by atoms with Crippen LogP contribution in [-0.2, 0) is 6.54 Å². The number of hydrogen-bond acceptors (Lipinski definition) is 2. The van der Waals surface area contributed by atoms with Gasteiger partial charge in [0.25, 0.3) is 0 Å². The molecular weight excluding hydrogens is 236 g/mol. The second-order valence-corrected chi connectivity index (χ2v) is 4.12. The fourth-order valence-corrected chi connectivity index (χ4v) is 1.92. The zero-order valence-corrected chi connectivity index (χ0v) is 10.1. The third-order valence-corrected chi connectivity index (χ3v) is 2.79. The molecule has 0 aliphatic heterocycles. The number of nitrogens with zero attached hydrogens (tertiary/aromatic N) is 2. The van der Waals surface area contributed by atoms with Crippen LogP contribution < -0.4 is 5.73 Å². The molecule has 0 saturated heterocycles. The van der Waals surface area contributed by atoms with E-state index in [1.807, 2.05) is 11.5 Å². The van der Waals surface area contributed by atoms with Crippen LogP contribution in [0.2, 0.25) is 0 Å². The van der Waals surface area contributed by atoms with E-state index in [1.165, 1.54) is 12.1 Å². The molecule has 96 valence electrons. The molecule has 2 rings (SSSR count). The summed E-state index contributed by atoms with van der Waals surface area (Å²) >= 11 is 0. The van der Waals surface area contributed by atoms with Crippen molar-refractivity contribution in [2.45, 2.75) is 25.9 Å². The molecule has 0 fully saturated rings. The van der Waals surface area contributed by atoms with Gasteiger partial charge in [-0.05, 0) is 12.5 Å². The Morgan fingerprint density at radius 3 is 2.83 bits per heavy atom. The number of halogens is 2. The van der Waals surface area contributed by atoms with Gasteiger partial charge in [-0.25, -0.2) is 13.8 Å². The van der Waals surface area contributed by atoms with Gasteiger partial charge in [0, 0.05) is 30.6 Å². The lowest BCUT2D eigenvalue weighted by atomic mass is 10.1. The Morgan fingerprint density at radius 1 is 1.39 bits per heavy atom. The highest BCUT2D eigenvalue weighted by Crippen LogP contribution is 2.21. The van der Waals surface area contributed by atoms with Crippen molar-refractivity contribution in [3.63, 3.8) is 0 Å². The van der Waals surface area contributed by atoms with Crippen molar-refractivity contribution in [1.29, 1.82) is 0 Å². The van der Waals surface area contributed by atoms with Gasteiger partial charge in [-0.1, -0.05) is 13.0 Å². The van der Waals surface area contributed by atoms with Crippen LogP contribution >= 0.6 is 0 Å². The van der Waals surface area contributed by atoms with Crippen LogP contribution in [0.4, 0.5) is 8.78 Å². The normalized spacial score (nSPS) is 12.7. The van der Waals surface area contributed by atoms with Crippen molar-refractivity contribution in [2.75, 3.05) is 0 Å². The summed E-state index contributed by atoms with van der Waals surface area (Å²) in [7, 11) is 0. The van der Waals surface area contributed by atoms with Gasteiger partial charge in [-0.2, -0.15) is 0 Å². The largest absolute Gasteiger partial charge is 0.333 e. The molecule has 1 aromatic heterocycles. The third-order valence-electron chi connectivity index (χ3n) is 2.79. The summed E-state index contributed by atoms with van der Waals surface area (Å²) in [6.07, 6.45) is 4.37. The SMILES string of the molecule is CCCn1ccnc1C(N)c1ccc(F)cc1F. The number of benzene rings is 1. The fraction of sp³-hybridized carbons (Fsp3) is 0.308. The highest BCUT2D eigenvalue weighted by atomic mass is 19.1. The quantitative estimate of drug-likeness (QED) is 0.907. The number of imidazole rings is 1. The Morgan fingerprint density at radius 2 is 2.17 bits per heavy atom. The summed E-state index contributed by atoms with van der Waals surface area (Å²) < 4.78 is 28.4. The molecular formula is C13H15F2N3. The van der Waals surface area contributed by atoms with Crippen molar-refractivity contribution < 1.29 is 8.78 Å². The van der Waals surface area contributed by atoms with Crippen LogP contribution in [0.15, 0.2) is 30.6 Å². The molecule has 0 aliphatic carbocycles. The minimum atomic E-state index is -0.688. The van der Waals surface area contributed by atoms with Gasteiger partial charge in [-0.3, -0.25) is 0 Å². The summed E-state index contributed by atoms with van der Waals surface area (Å²) in [5.41, 5.74) is 6.25. The number of rotatable bonds is 4. The van der Waals surface area contributed by atoms with Gasteiger partial charge in [-0.15, -0.1) is 0 Å². The van der Waals surface area contributed by atoms with Crippen LogP contribution in [0, 0.1) is 11.6 Å². The molecule has 5 heteroatoms. The summed E-state index contributed by atoms with van der Waals surface area (Å²) in [4.78, 5) is 4.15. The summed E-state index contributed by atoms with van der Waals surface area (Å²) in [5, 5.41) is 0. The van der Waals surface area contributed by atoms with Crippen molar-refractivity contribution in [3.8, 4) is 0 Å². The van der Waals surface area contributed by atoms with Crippen LogP contribution in [0.3, 0.4) is 0 Å². The van der Waals surface area contributed by atoms with Gasteiger partial charge >= 0.3 is 0 Å². The summed E-state index contributed by atoms with van der Waals surface area (Å²) in [6, 6.07) is 2.71. The van der Waals surface area contributed by atoms with E-state index in [0.29, 0.717) is 5.82 Å².